The number of hydrogen-bond acceptors (Lipinski definition) is 4. The number of likely N-dealkylation sites (tertiary alicyclic amines) is 1. The predicted molar refractivity (Wildman–Crippen MR) is 96.8 cm³/mol. The van der Waals surface area contributed by atoms with E-state index in [9.17, 15) is 0 Å². The molecule has 0 aromatic heterocycles. The van der Waals surface area contributed by atoms with Gasteiger partial charge in [-0.15, -0.1) is 0 Å². The highest BCUT2D eigenvalue weighted by atomic mass is 79.9. The van der Waals surface area contributed by atoms with Crippen molar-refractivity contribution in [2.24, 2.45) is 5.16 Å². The summed E-state index contributed by atoms with van der Waals surface area (Å²) >= 11 is 3.60. The van der Waals surface area contributed by atoms with E-state index in [1.165, 1.54) is 16.7 Å². The maximum Gasteiger partial charge on any atom is 0.125 e. The Labute approximate surface area is 149 Å². The van der Waals surface area contributed by atoms with Gasteiger partial charge in [0.2, 0.25) is 0 Å². The van der Waals surface area contributed by atoms with Crippen molar-refractivity contribution in [2.45, 2.75) is 25.5 Å². The SMILES string of the molecule is ON=C1CCN(C2c3ccccc3COc3ccc(Br)cc32)CC1. The number of hydrogen-bond donors (Lipinski definition) is 1. The Morgan fingerprint density at radius 1 is 1.08 bits per heavy atom. The smallest absolute Gasteiger partial charge is 0.125 e. The van der Waals surface area contributed by atoms with E-state index < -0.39 is 0 Å². The second kappa shape index (κ2) is 6.57. The van der Waals surface area contributed by atoms with Gasteiger partial charge in [-0.05, 0) is 29.3 Å². The minimum absolute atomic E-state index is 0.163. The molecule has 1 fully saturated rings. The molecule has 1 unspecified atom stereocenters. The van der Waals surface area contributed by atoms with Gasteiger partial charge in [0.1, 0.15) is 12.4 Å². The van der Waals surface area contributed by atoms with Crippen LogP contribution in [-0.2, 0) is 6.61 Å². The van der Waals surface area contributed by atoms with Crippen LogP contribution in [0.4, 0.5) is 0 Å². The maximum absolute atomic E-state index is 9.03. The van der Waals surface area contributed by atoms with Gasteiger partial charge in [0.25, 0.3) is 0 Å². The number of rotatable bonds is 1. The van der Waals surface area contributed by atoms with Crippen molar-refractivity contribution in [3.05, 3.63) is 63.6 Å². The van der Waals surface area contributed by atoms with Crippen LogP contribution in [0.2, 0.25) is 0 Å². The Kier molecular flexibility index (Phi) is 4.29. The second-order valence-corrected chi connectivity index (χ2v) is 7.19. The average Bonchev–Trinajstić information content (AvgIpc) is 2.78. The molecule has 0 bridgehead atoms. The number of benzene rings is 2. The first kappa shape index (κ1) is 15.7. The van der Waals surface area contributed by atoms with Gasteiger partial charge < -0.3 is 9.94 Å². The Balaban J connectivity index is 1.80. The van der Waals surface area contributed by atoms with Gasteiger partial charge in [-0.25, -0.2) is 0 Å². The molecule has 4 rings (SSSR count). The van der Waals surface area contributed by atoms with Gasteiger partial charge in [-0.3, -0.25) is 4.90 Å². The molecule has 1 saturated heterocycles. The Morgan fingerprint density at radius 3 is 2.67 bits per heavy atom. The molecular formula is C19H19BrN2O2. The summed E-state index contributed by atoms with van der Waals surface area (Å²) in [6, 6.07) is 14.9. The molecule has 24 heavy (non-hydrogen) atoms. The lowest BCUT2D eigenvalue weighted by molar-refractivity contribution is 0.219. The van der Waals surface area contributed by atoms with Crippen LogP contribution in [0.25, 0.3) is 0 Å². The van der Waals surface area contributed by atoms with E-state index in [0.29, 0.717) is 6.61 Å². The molecule has 1 atom stereocenters. The topological polar surface area (TPSA) is 45.1 Å². The normalized spacial score (nSPS) is 20.5. The van der Waals surface area contributed by atoms with Crippen LogP contribution in [0.15, 0.2) is 52.1 Å². The molecule has 2 aromatic rings. The fourth-order valence-corrected chi connectivity index (χ4v) is 4.03. The number of nitrogens with zero attached hydrogens (tertiary/aromatic N) is 2. The molecule has 2 aromatic carbocycles. The molecule has 124 valence electrons. The zero-order valence-corrected chi connectivity index (χ0v) is 14.9. The van der Waals surface area contributed by atoms with Crippen LogP contribution in [0.1, 0.15) is 35.6 Å². The number of halogens is 1. The molecule has 5 heteroatoms. The van der Waals surface area contributed by atoms with Gasteiger partial charge in [0.05, 0.1) is 11.8 Å². The molecule has 1 N–H and O–H groups in total. The van der Waals surface area contributed by atoms with Gasteiger partial charge in [0.15, 0.2) is 0 Å². The van der Waals surface area contributed by atoms with E-state index in [-0.39, 0.29) is 6.04 Å². The zero-order chi connectivity index (χ0) is 16.5. The third kappa shape index (κ3) is 2.82. The third-order valence-electron chi connectivity index (χ3n) is 4.88. The zero-order valence-electron chi connectivity index (χ0n) is 13.3. The van der Waals surface area contributed by atoms with E-state index in [2.05, 4.69) is 56.3 Å². The lowest BCUT2D eigenvalue weighted by Crippen LogP contribution is -2.37. The number of oxime groups is 1. The maximum atomic E-state index is 9.03. The van der Waals surface area contributed by atoms with Crippen LogP contribution in [-0.4, -0.2) is 28.9 Å². The van der Waals surface area contributed by atoms with Crippen LogP contribution in [0, 0.1) is 0 Å². The van der Waals surface area contributed by atoms with Crippen molar-refractivity contribution in [3.63, 3.8) is 0 Å². The van der Waals surface area contributed by atoms with Crippen molar-refractivity contribution < 1.29 is 9.94 Å². The van der Waals surface area contributed by atoms with E-state index >= 15 is 0 Å². The van der Waals surface area contributed by atoms with Crippen LogP contribution < -0.4 is 4.74 Å². The first-order valence-electron chi connectivity index (χ1n) is 8.20. The summed E-state index contributed by atoms with van der Waals surface area (Å²) in [5.74, 6) is 0.945. The lowest BCUT2D eigenvalue weighted by atomic mass is 9.92. The summed E-state index contributed by atoms with van der Waals surface area (Å²) in [5, 5.41) is 12.4. The summed E-state index contributed by atoms with van der Waals surface area (Å²) < 4.78 is 7.14. The van der Waals surface area contributed by atoms with Crippen LogP contribution >= 0.6 is 15.9 Å². The molecule has 0 amide bonds. The highest BCUT2D eigenvalue weighted by Gasteiger charge is 2.31. The molecule has 2 aliphatic heterocycles. The van der Waals surface area contributed by atoms with Gasteiger partial charge in [-0.1, -0.05) is 45.4 Å². The molecule has 2 aliphatic rings. The van der Waals surface area contributed by atoms with E-state index in [1.54, 1.807) is 0 Å². The fraction of sp³-hybridized carbons (Fsp3) is 0.316. The molecule has 0 aliphatic carbocycles. The average molecular weight is 387 g/mol. The molecule has 2 heterocycles. The quantitative estimate of drug-likeness (QED) is 0.584. The monoisotopic (exact) mass is 386 g/mol. The minimum atomic E-state index is 0.163. The van der Waals surface area contributed by atoms with E-state index in [0.717, 1.165) is 41.9 Å². The van der Waals surface area contributed by atoms with Crippen molar-refractivity contribution in [1.82, 2.24) is 4.90 Å². The van der Waals surface area contributed by atoms with E-state index in [1.807, 2.05) is 12.1 Å². The molecule has 0 radical (unpaired) electrons. The summed E-state index contributed by atoms with van der Waals surface area (Å²) in [6.07, 6.45) is 1.61. The Morgan fingerprint density at radius 2 is 1.88 bits per heavy atom. The first-order chi connectivity index (χ1) is 11.8. The Bertz CT molecular complexity index is 781. The number of piperidine rings is 1. The van der Waals surface area contributed by atoms with Crippen molar-refractivity contribution in [3.8, 4) is 5.75 Å². The third-order valence-corrected chi connectivity index (χ3v) is 5.37. The van der Waals surface area contributed by atoms with E-state index in [4.69, 9.17) is 9.94 Å². The molecule has 0 saturated carbocycles. The van der Waals surface area contributed by atoms with Gasteiger partial charge in [-0.2, -0.15) is 0 Å². The molecule has 4 nitrogen and oxygen atoms in total. The highest BCUT2D eigenvalue weighted by Crippen LogP contribution is 2.41. The molecular weight excluding hydrogens is 368 g/mol. The second-order valence-electron chi connectivity index (χ2n) is 6.27. The lowest BCUT2D eigenvalue weighted by Gasteiger charge is -2.35. The number of fused-ring (bicyclic) bond motifs is 2. The predicted octanol–water partition coefficient (Wildman–Crippen LogP) is 4.36. The van der Waals surface area contributed by atoms with Crippen molar-refractivity contribution in [1.29, 1.82) is 0 Å². The highest BCUT2D eigenvalue weighted by molar-refractivity contribution is 9.10. The number of ether oxygens (including phenoxy) is 1. The first-order valence-corrected chi connectivity index (χ1v) is 8.99. The van der Waals surface area contributed by atoms with Crippen LogP contribution in [0.5, 0.6) is 5.75 Å². The van der Waals surface area contributed by atoms with Crippen LogP contribution in [0.3, 0.4) is 0 Å². The van der Waals surface area contributed by atoms with Crippen molar-refractivity contribution >= 4 is 21.6 Å². The fourth-order valence-electron chi connectivity index (χ4n) is 3.65. The Hall–Kier alpha value is -1.85. The summed E-state index contributed by atoms with van der Waals surface area (Å²) in [4.78, 5) is 2.47. The summed E-state index contributed by atoms with van der Waals surface area (Å²) in [7, 11) is 0. The summed E-state index contributed by atoms with van der Waals surface area (Å²) in [6.45, 7) is 2.35. The van der Waals surface area contributed by atoms with Crippen molar-refractivity contribution in [2.75, 3.05) is 13.1 Å². The van der Waals surface area contributed by atoms with Gasteiger partial charge in [0, 0.05) is 36.0 Å². The minimum Gasteiger partial charge on any atom is -0.489 e. The molecule has 0 spiro atoms. The summed E-state index contributed by atoms with van der Waals surface area (Å²) in [5.41, 5.74) is 4.62. The standard InChI is InChI=1S/C19H19BrN2O2/c20-14-5-6-18-17(11-14)19(22-9-7-15(21-23)8-10-22)16-4-2-1-3-13(16)12-24-18/h1-6,11,19,23H,7-10,12H2. The van der Waals surface area contributed by atoms with Gasteiger partial charge >= 0.3 is 0 Å². The largest absolute Gasteiger partial charge is 0.489 e.